The highest BCUT2D eigenvalue weighted by Gasteiger charge is 2.00. The fourth-order valence-corrected chi connectivity index (χ4v) is 0.341. The van der Waals surface area contributed by atoms with E-state index in [4.69, 9.17) is 5.11 Å². The van der Waals surface area contributed by atoms with Crippen molar-refractivity contribution in [2.24, 2.45) is 0 Å². The lowest BCUT2D eigenvalue weighted by atomic mass is 10.4. The maximum absolute atomic E-state index is 10.6. The Balaban J connectivity index is 0. The minimum absolute atomic E-state index is 0.294. The lowest BCUT2D eigenvalue weighted by Gasteiger charge is -2.01. The number of esters is 1. The predicted octanol–water partition coefficient (Wildman–Crippen LogP) is 1.01. The Morgan fingerprint density at radius 1 is 1.40 bits per heavy atom. The van der Waals surface area contributed by atoms with Gasteiger partial charge in [-0.2, -0.15) is 0 Å². The van der Waals surface area contributed by atoms with E-state index in [9.17, 15) is 9.59 Å². The number of hydrogen-bond donors (Lipinski definition) is 1. The fourth-order valence-electron chi connectivity index (χ4n) is 0.341. The van der Waals surface area contributed by atoms with Crippen molar-refractivity contribution in [3.05, 3.63) is 24.8 Å². The summed E-state index contributed by atoms with van der Waals surface area (Å²) >= 11 is 0. The molecule has 0 aliphatic carbocycles. The molecule has 0 aromatic rings. The van der Waals surface area contributed by atoms with Crippen molar-refractivity contribution in [1.82, 2.24) is 0 Å². The smallest absolute Gasteiger partial charge is 0.333 e. The first-order valence-corrected chi connectivity index (χ1v) is 4.12. The zero-order valence-electron chi connectivity index (χ0n) is 8.99. The largest absolute Gasteiger partial charge is 0.478 e. The van der Waals surface area contributed by atoms with Gasteiger partial charge < -0.3 is 14.6 Å². The SMILES string of the molecule is C=C(C)C(=O)OCCOC.C=CC(=O)O. The molecule has 0 aliphatic rings. The molecule has 0 amide bonds. The monoisotopic (exact) mass is 216 g/mol. The molecule has 86 valence electrons. The number of carboxylic acids is 1. The van der Waals surface area contributed by atoms with Crippen LogP contribution in [0.4, 0.5) is 0 Å². The van der Waals surface area contributed by atoms with Crippen molar-refractivity contribution in [1.29, 1.82) is 0 Å². The average Bonchev–Trinajstić information content (AvgIpc) is 2.18. The van der Waals surface area contributed by atoms with Crippen molar-refractivity contribution < 1.29 is 24.2 Å². The van der Waals surface area contributed by atoms with Crippen LogP contribution >= 0.6 is 0 Å². The fraction of sp³-hybridized carbons (Fsp3) is 0.400. The number of aliphatic carboxylic acids is 1. The van der Waals surface area contributed by atoms with E-state index in [-0.39, 0.29) is 5.97 Å². The summed E-state index contributed by atoms with van der Waals surface area (Å²) in [4.78, 5) is 19.9. The minimum Gasteiger partial charge on any atom is -0.478 e. The molecule has 0 aromatic carbocycles. The number of carboxylic acid groups (broad SMARTS) is 1. The molecular weight excluding hydrogens is 200 g/mol. The average molecular weight is 216 g/mol. The van der Waals surface area contributed by atoms with Crippen LogP contribution in [0.5, 0.6) is 0 Å². The second-order valence-electron chi connectivity index (χ2n) is 2.45. The van der Waals surface area contributed by atoms with E-state index in [2.05, 4.69) is 22.6 Å². The molecule has 0 atom stereocenters. The van der Waals surface area contributed by atoms with E-state index in [0.29, 0.717) is 18.8 Å². The Morgan fingerprint density at radius 2 is 1.87 bits per heavy atom. The third-order valence-electron chi connectivity index (χ3n) is 1.04. The lowest BCUT2D eigenvalue weighted by Crippen LogP contribution is -2.09. The van der Waals surface area contributed by atoms with Gasteiger partial charge in [0.05, 0.1) is 6.61 Å². The van der Waals surface area contributed by atoms with Crippen LogP contribution in [0, 0.1) is 0 Å². The maximum atomic E-state index is 10.6. The van der Waals surface area contributed by atoms with Crippen molar-refractivity contribution in [2.45, 2.75) is 6.92 Å². The number of carbonyl (C=O) groups is 2. The van der Waals surface area contributed by atoms with Gasteiger partial charge in [-0.15, -0.1) is 0 Å². The number of carbonyl (C=O) groups excluding carboxylic acids is 1. The van der Waals surface area contributed by atoms with E-state index in [1.165, 1.54) is 0 Å². The first-order chi connectivity index (χ1) is 6.95. The molecule has 0 aliphatic heterocycles. The van der Waals surface area contributed by atoms with Gasteiger partial charge in [0, 0.05) is 18.8 Å². The molecule has 15 heavy (non-hydrogen) atoms. The highest BCUT2D eigenvalue weighted by molar-refractivity contribution is 5.86. The zero-order chi connectivity index (χ0) is 12.3. The van der Waals surface area contributed by atoms with Gasteiger partial charge in [0.1, 0.15) is 6.61 Å². The van der Waals surface area contributed by atoms with Crippen molar-refractivity contribution in [2.75, 3.05) is 20.3 Å². The highest BCUT2D eigenvalue weighted by atomic mass is 16.6. The third-order valence-corrected chi connectivity index (χ3v) is 1.04. The van der Waals surface area contributed by atoms with Gasteiger partial charge >= 0.3 is 11.9 Å². The van der Waals surface area contributed by atoms with E-state index in [1.807, 2.05) is 0 Å². The van der Waals surface area contributed by atoms with Crippen LogP contribution in [-0.2, 0) is 19.1 Å². The molecule has 0 heterocycles. The minimum atomic E-state index is -0.981. The number of rotatable bonds is 5. The summed E-state index contributed by atoms with van der Waals surface area (Å²) in [6.07, 6.45) is 0.833. The molecule has 0 saturated carbocycles. The first-order valence-electron chi connectivity index (χ1n) is 4.12. The van der Waals surface area contributed by atoms with Gasteiger partial charge in [-0.3, -0.25) is 0 Å². The van der Waals surface area contributed by atoms with Crippen LogP contribution in [0.3, 0.4) is 0 Å². The Morgan fingerprint density at radius 3 is 2.13 bits per heavy atom. The number of ether oxygens (including phenoxy) is 2. The molecule has 0 fully saturated rings. The summed E-state index contributed by atoms with van der Waals surface area (Å²) in [5.74, 6) is -1.35. The molecular formula is C10H16O5. The molecule has 5 heteroatoms. The predicted molar refractivity (Wildman–Crippen MR) is 55.5 cm³/mol. The first kappa shape index (κ1) is 15.8. The standard InChI is InChI=1S/C7H12O3.C3H4O2/c1-6(2)7(8)10-5-4-9-3;1-2-3(4)5/h1,4-5H2,2-3H3;2H,1H2,(H,4,5). The van der Waals surface area contributed by atoms with Gasteiger partial charge in [0.2, 0.25) is 0 Å². The summed E-state index contributed by atoms with van der Waals surface area (Å²) in [7, 11) is 1.55. The summed E-state index contributed by atoms with van der Waals surface area (Å²) in [6.45, 7) is 8.71. The molecule has 0 saturated heterocycles. The van der Waals surface area contributed by atoms with Gasteiger partial charge in [0.25, 0.3) is 0 Å². The molecule has 0 rings (SSSR count). The van der Waals surface area contributed by atoms with E-state index < -0.39 is 5.97 Å². The molecule has 0 radical (unpaired) electrons. The van der Waals surface area contributed by atoms with Crippen LogP contribution < -0.4 is 0 Å². The van der Waals surface area contributed by atoms with Crippen LogP contribution in [0.2, 0.25) is 0 Å². The summed E-state index contributed by atoms with van der Waals surface area (Å²) in [5, 5.41) is 7.60. The molecule has 0 bridgehead atoms. The van der Waals surface area contributed by atoms with Crippen LogP contribution in [0.1, 0.15) is 6.92 Å². The lowest BCUT2D eigenvalue weighted by molar-refractivity contribution is -0.140. The Labute approximate surface area is 89.0 Å². The normalized spacial score (nSPS) is 8.13. The molecule has 0 unspecified atom stereocenters. The molecule has 1 N–H and O–H groups in total. The quantitative estimate of drug-likeness (QED) is 0.422. The van der Waals surface area contributed by atoms with Gasteiger partial charge in [0.15, 0.2) is 0 Å². The van der Waals surface area contributed by atoms with Gasteiger partial charge in [-0.05, 0) is 6.92 Å². The van der Waals surface area contributed by atoms with E-state index in [1.54, 1.807) is 14.0 Å². The van der Waals surface area contributed by atoms with Crippen LogP contribution in [0.25, 0.3) is 0 Å². The third kappa shape index (κ3) is 15.2. The van der Waals surface area contributed by atoms with Crippen molar-refractivity contribution in [3.8, 4) is 0 Å². The van der Waals surface area contributed by atoms with Gasteiger partial charge in [-0.25, -0.2) is 9.59 Å². The van der Waals surface area contributed by atoms with Crippen molar-refractivity contribution in [3.63, 3.8) is 0 Å². The van der Waals surface area contributed by atoms with Crippen molar-refractivity contribution >= 4 is 11.9 Å². The summed E-state index contributed by atoms with van der Waals surface area (Å²) < 4.78 is 9.35. The maximum Gasteiger partial charge on any atom is 0.333 e. The van der Waals surface area contributed by atoms with Crippen LogP contribution in [-0.4, -0.2) is 37.4 Å². The van der Waals surface area contributed by atoms with E-state index >= 15 is 0 Å². The Bertz CT molecular complexity index is 232. The topological polar surface area (TPSA) is 72.8 Å². The number of hydrogen-bond acceptors (Lipinski definition) is 4. The second kappa shape index (κ2) is 10.5. The molecule has 0 spiro atoms. The number of methoxy groups -OCH3 is 1. The second-order valence-corrected chi connectivity index (χ2v) is 2.45. The zero-order valence-corrected chi connectivity index (χ0v) is 8.99. The summed E-state index contributed by atoms with van der Waals surface area (Å²) in [6, 6.07) is 0. The van der Waals surface area contributed by atoms with Crippen LogP contribution in [0.15, 0.2) is 24.8 Å². The highest BCUT2D eigenvalue weighted by Crippen LogP contribution is 1.90. The van der Waals surface area contributed by atoms with Gasteiger partial charge in [-0.1, -0.05) is 13.2 Å². The Kier molecular flexibility index (Phi) is 11.0. The molecule has 0 aromatic heterocycles. The van der Waals surface area contributed by atoms with E-state index in [0.717, 1.165) is 6.08 Å². The Hall–Kier alpha value is -1.62. The summed E-state index contributed by atoms with van der Waals surface area (Å²) in [5.41, 5.74) is 0.413. The molecule has 5 nitrogen and oxygen atoms in total.